The van der Waals surface area contributed by atoms with E-state index in [2.05, 4.69) is 6.07 Å². The third-order valence-electron chi connectivity index (χ3n) is 4.90. The number of hydrogen-bond acceptors (Lipinski definition) is 3. The largest absolute Gasteiger partial charge is 0.331 e. The second-order valence-electron chi connectivity index (χ2n) is 6.34. The van der Waals surface area contributed by atoms with E-state index in [-0.39, 0.29) is 17.9 Å². The minimum atomic E-state index is -0.259. The van der Waals surface area contributed by atoms with E-state index >= 15 is 0 Å². The Kier molecular flexibility index (Phi) is 3.89. The maximum atomic E-state index is 12.9. The summed E-state index contributed by atoms with van der Waals surface area (Å²) < 4.78 is 0. The first kappa shape index (κ1) is 14.8. The first-order valence-electron chi connectivity index (χ1n) is 8.20. The van der Waals surface area contributed by atoms with Crippen LogP contribution in [0, 0.1) is 0 Å². The molecule has 2 amide bonds. The molecule has 0 radical (unpaired) electrons. The fraction of sp³-hybridized carbons (Fsp3) is 0.444. The number of rotatable bonds is 2. The molecule has 2 heterocycles. The quantitative estimate of drug-likeness (QED) is 0.835. The number of carbonyl (C=O) groups is 2. The summed E-state index contributed by atoms with van der Waals surface area (Å²) in [6.45, 7) is 1.51. The number of fused-ring (bicyclic) bond motifs is 1. The fourth-order valence-electron chi connectivity index (χ4n) is 3.67. The van der Waals surface area contributed by atoms with Crippen molar-refractivity contribution in [2.75, 3.05) is 24.7 Å². The van der Waals surface area contributed by atoms with Gasteiger partial charge in [-0.2, -0.15) is 0 Å². The lowest BCUT2D eigenvalue weighted by atomic mass is 10.1. The molecular weight excluding hydrogens is 308 g/mol. The van der Waals surface area contributed by atoms with Crippen molar-refractivity contribution in [3.05, 3.63) is 41.0 Å². The zero-order valence-electron chi connectivity index (χ0n) is 13.0. The monoisotopic (exact) mass is 328 g/mol. The second-order valence-corrected chi connectivity index (χ2v) is 7.42. The molecule has 0 unspecified atom stereocenters. The Hall–Kier alpha value is -1.75. The van der Waals surface area contributed by atoms with Crippen molar-refractivity contribution in [1.82, 2.24) is 9.80 Å². The van der Waals surface area contributed by atoms with Gasteiger partial charge in [-0.3, -0.25) is 9.59 Å². The summed E-state index contributed by atoms with van der Waals surface area (Å²) in [6.07, 6.45) is 4.39. The lowest BCUT2D eigenvalue weighted by Crippen LogP contribution is -2.47. The van der Waals surface area contributed by atoms with Crippen LogP contribution in [0.1, 0.15) is 24.0 Å². The van der Waals surface area contributed by atoms with Crippen LogP contribution in [0.15, 0.2) is 29.8 Å². The van der Waals surface area contributed by atoms with E-state index in [0.717, 1.165) is 42.2 Å². The van der Waals surface area contributed by atoms with E-state index in [1.165, 1.54) is 5.56 Å². The highest BCUT2D eigenvalue weighted by molar-refractivity contribution is 7.99. The van der Waals surface area contributed by atoms with Gasteiger partial charge in [0.15, 0.2) is 0 Å². The summed E-state index contributed by atoms with van der Waals surface area (Å²) in [7, 11) is 0. The van der Waals surface area contributed by atoms with Crippen molar-refractivity contribution in [1.29, 1.82) is 0 Å². The maximum absolute atomic E-state index is 12.9. The van der Waals surface area contributed by atoms with Crippen LogP contribution in [-0.2, 0) is 16.0 Å². The summed E-state index contributed by atoms with van der Waals surface area (Å²) in [6, 6.07) is 7.86. The lowest BCUT2D eigenvalue weighted by Gasteiger charge is -2.27. The number of carbonyl (C=O) groups excluding carboxylic acids is 2. The first-order chi connectivity index (χ1) is 11.2. The summed E-state index contributed by atoms with van der Waals surface area (Å²) in [4.78, 5) is 29.3. The molecule has 2 saturated heterocycles. The van der Waals surface area contributed by atoms with E-state index < -0.39 is 0 Å². The van der Waals surface area contributed by atoms with Gasteiger partial charge in [-0.25, -0.2) is 0 Å². The molecule has 0 aromatic heterocycles. The predicted octanol–water partition coefficient (Wildman–Crippen LogP) is 2.15. The fourth-order valence-corrected chi connectivity index (χ4v) is 4.62. The molecule has 2 fully saturated rings. The average molecular weight is 328 g/mol. The van der Waals surface area contributed by atoms with Crippen LogP contribution < -0.4 is 0 Å². The van der Waals surface area contributed by atoms with E-state index in [1.807, 2.05) is 34.1 Å². The molecule has 4 nitrogen and oxygen atoms in total. The highest BCUT2D eigenvalue weighted by Gasteiger charge is 2.38. The molecule has 0 spiro atoms. The Balaban J connectivity index is 1.51. The molecule has 1 aromatic rings. The van der Waals surface area contributed by atoms with Crippen molar-refractivity contribution < 1.29 is 9.59 Å². The van der Waals surface area contributed by atoms with Crippen molar-refractivity contribution in [2.45, 2.75) is 25.3 Å². The number of likely N-dealkylation sites (tertiary alicyclic amines) is 1. The highest BCUT2D eigenvalue weighted by Crippen LogP contribution is 2.29. The van der Waals surface area contributed by atoms with Gasteiger partial charge < -0.3 is 9.80 Å². The van der Waals surface area contributed by atoms with Gasteiger partial charge in [-0.1, -0.05) is 24.3 Å². The summed E-state index contributed by atoms with van der Waals surface area (Å²) >= 11 is 1.79. The van der Waals surface area contributed by atoms with E-state index in [1.54, 1.807) is 11.8 Å². The molecule has 5 heteroatoms. The number of benzene rings is 1. The van der Waals surface area contributed by atoms with E-state index in [0.29, 0.717) is 13.0 Å². The summed E-state index contributed by atoms with van der Waals surface area (Å²) in [5.41, 5.74) is 3.16. The van der Waals surface area contributed by atoms with Gasteiger partial charge in [-0.15, -0.1) is 11.8 Å². The van der Waals surface area contributed by atoms with Crippen LogP contribution in [0.2, 0.25) is 0 Å². The molecule has 1 atom stereocenters. The minimum Gasteiger partial charge on any atom is -0.331 e. The lowest BCUT2D eigenvalue weighted by molar-refractivity contribution is -0.141. The molecule has 1 aromatic carbocycles. The molecule has 1 aliphatic carbocycles. The van der Waals surface area contributed by atoms with Crippen molar-refractivity contribution >= 4 is 29.7 Å². The summed E-state index contributed by atoms with van der Waals surface area (Å²) in [5.74, 6) is 1.96. The number of hydrogen-bond donors (Lipinski definition) is 0. The van der Waals surface area contributed by atoms with E-state index in [9.17, 15) is 9.59 Å². The van der Waals surface area contributed by atoms with Gasteiger partial charge in [0, 0.05) is 30.8 Å². The molecular formula is C18H20N2O2S. The smallest absolute Gasteiger partial charge is 0.250 e. The Morgan fingerprint density at radius 2 is 2.04 bits per heavy atom. The Morgan fingerprint density at radius 3 is 2.83 bits per heavy atom. The molecule has 4 rings (SSSR count). The minimum absolute atomic E-state index is 0.0453. The molecule has 0 bridgehead atoms. The van der Waals surface area contributed by atoms with Crippen LogP contribution in [0.5, 0.6) is 0 Å². The average Bonchev–Trinajstić information content (AvgIpc) is 3.32. The standard InChI is InChI=1S/C18H20N2O2S/c21-17(15-10-13-4-1-2-5-14(13)11-15)20-7-3-6-16(20)18(22)19-8-9-23-12-19/h1-2,4-5,10,16H,3,6-9,11-12H2/t16-/m1/s1. The zero-order valence-corrected chi connectivity index (χ0v) is 13.8. The Bertz CT molecular complexity index is 679. The van der Waals surface area contributed by atoms with Crippen LogP contribution in [0.4, 0.5) is 0 Å². The number of nitrogens with zero attached hydrogens (tertiary/aromatic N) is 2. The van der Waals surface area contributed by atoms with Crippen molar-refractivity contribution in [3.63, 3.8) is 0 Å². The van der Waals surface area contributed by atoms with Gasteiger partial charge >= 0.3 is 0 Å². The maximum Gasteiger partial charge on any atom is 0.250 e. The van der Waals surface area contributed by atoms with Crippen molar-refractivity contribution in [2.24, 2.45) is 0 Å². The van der Waals surface area contributed by atoms with Gasteiger partial charge in [0.25, 0.3) is 5.91 Å². The third kappa shape index (κ3) is 2.67. The predicted molar refractivity (Wildman–Crippen MR) is 91.9 cm³/mol. The number of amides is 2. The van der Waals surface area contributed by atoms with Gasteiger partial charge in [-0.05, 0) is 30.0 Å². The molecule has 0 N–H and O–H groups in total. The molecule has 120 valence electrons. The topological polar surface area (TPSA) is 40.6 Å². The Labute approximate surface area is 140 Å². The van der Waals surface area contributed by atoms with Crippen LogP contribution in [0.25, 0.3) is 6.08 Å². The molecule has 23 heavy (non-hydrogen) atoms. The zero-order chi connectivity index (χ0) is 15.8. The molecule has 3 aliphatic rings. The summed E-state index contributed by atoms with van der Waals surface area (Å²) in [5, 5.41) is 0. The van der Waals surface area contributed by atoms with Gasteiger partial charge in [0.1, 0.15) is 6.04 Å². The molecule has 2 aliphatic heterocycles. The second kappa shape index (κ2) is 6.04. The van der Waals surface area contributed by atoms with Gasteiger partial charge in [0.2, 0.25) is 5.91 Å². The highest BCUT2D eigenvalue weighted by atomic mass is 32.2. The van der Waals surface area contributed by atoms with Crippen molar-refractivity contribution in [3.8, 4) is 0 Å². The van der Waals surface area contributed by atoms with Crippen LogP contribution in [-0.4, -0.2) is 52.4 Å². The van der Waals surface area contributed by atoms with Crippen LogP contribution >= 0.6 is 11.8 Å². The third-order valence-corrected chi connectivity index (χ3v) is 5.87. The number of thioether (sulfide) groups is 1. The SMILES string of the molecule is O=C([C@H]1CCCN1C(=O)C1=Cc2ccccc2C1)N1CCSC1. The normalized spacial score (nSPS) is 23.1. The first-order valence-corrected chi connectivity index (χ1v) is 9.35. The Morgan fingerprint density at radius 1 is 1.17 bits per heavy atom. The van der Waals surface area contributed by atoms with E-state index in [4.69, 9.17) is 0 Å². The molecule has 0 saturated carbocycles. The van der Waals surface area contributed by atoms with Gasteiger partial charge in [0.05, 0.1) is 5.88 Å². The van der Waals surface area contributed by atoms with Crippen LogP contribution in [0.3, 0.4) is 0 Å².